The average molecular weight is 491 g/mol. The molecule has 9 nitrogen and oxygen atoms in total. The third kappa shape index (κ3) is 4.00. The van der Waals surface area contributed by atoms with E-state index >= 15 is 0 Å². The number of aromatic amines is 1. The molecule has 1 aliphatic rings. The van der Waals surface area contributed by atoms with E-state index in [0.717, 1.165) is 5.56 Å². The molecular formula is C27H30N4O5. The maximum Gasteiger partial charge on any atom is 0.301 e. The second-order valence-electron chi connectivity index (χ2n) is 10.0. The molecule has 9 heteroatoms. The van der Waals surface area contributed by atoms with Gasteiger partial charge in [-0.05, 0) is 42.9 Å². The van der Waals surface area contributed by atoms with Crippen molar-refractivity contribution in [1.82, 2.24) is 15.5 Å². The molecule has 0 radical (unpaired) electrons. The van der Waals surface area contributed by atoms with Crippen LogP contribution >= 0.6 is 0 Å². The lowest BCUT2D eigenvalue weighted by atomic mass is 9.85. The first kappa shape index (κ1) is 25.0. The van der Waals surface area contributed by atoms with E-state index in [9.17, 15) is 19.5 Å². The Balaban J connectivity index is 1.96. The number of ketones is 1. The molecule has 1 aromatic carbocycles. The lowest BCUT2D eigenvalue weighted by Gasteiger charge is -2.24. The molecule has 1 unspecified atom stereocenters. The van der Waals surface area contributed by atoms with Crippen LogP contribution in [0.5, 0.6) is 0 Å². The second kappa shape index (κ2) is 8.82. The smallest absolute Gasteiger partial charge is 0.301 e. The number of Topliss-reactive ketones (excluding diaryl/α,β-unsaturated/α-hetero) is 1. The van der Waals surface area contributed by atoms with Gasteiger partial charge in [0.05, 0.1) is 11.6 Å². The number of benzene rings is 1. The number of aryl methyl sites for hydroxylation is 2. The van der Waals surface area contributed by atoms with Crippen LogP contribution in [0.2, 0.25) is 0 Å². The summed E-state index contributed by atoms with van der Waals surface area (Å²) >= 11 is 0. The van der Waals surface area contributed by atoms with E-state index < -0.39 is 17.7 Å². The number of carbonyl (C=O) groups excluding carboxylic acids is 3. The number of hydrogen-bond donors (Lipinski definition) is 3. The zero-order valence-corrected chi connectivity index (χ0v) is 21.4. The Morgan fingerprint density at radius 2 is 1.78 bits per heavy atom. The van der Waals surface area contributed by atoms with E-state index in [-0.39, 0.29) is 34.2 Å². The zero-order valence-electron chi connectivity index (χ0n) is 21.4. The summed E-state index contributed by atoms with van der Waals surface area (Å²) in [5.41, 5.74) is 3.05. The van der Waals surface area contributed by atoms with E-state index in [1.54, 1.807) is 26.8 Å². The van der Waals surface area contributed by atoms with Crippen LogP contribution in [0, 0.1) is 20.8 Å². The minimum absolute atomic E-state index is 0.0854. The summed E-state index contributed by atoms with van der Waals surface area (Å²) in [5, 5.41) is 18.0. The highest BCUT2D eigenvalue weighted by molar-refractivity contribution is 6.51. The van der Waals surface area contributed by atoms with Crippen LogP contribution in [0.1, 0.15) is 71.0 Å². The van der Waals surface area contributed by atoms with Gasteiger partial charge in [-0.1, -0.05) is 50.2 Å². The average Bonchev–Trinajstić information content (AvgIpc) is 3.46. The first-order valence-electron chi connectivity index (χ1n) is 11.6. The van der Waals surface area contributed by atoms with E-state index in [2.05, 4.69) is 36.2 Å². The van der Waals surface area contributed by atoms with Gasteiger partial charge in [-0.25, -0.2) is 0 Å². The number of amides is 2. The van der Waals surface area contributed by atoms with E-state index in [1.807, 2.05) is 24.3 Å². The van der Waals surface area contributed by atoms with Crippen LogP contribution in [0.4, 0.5) is 5.82 Å². The monoisotopic (exact) mass is 490 g/mol. The van der Waals surface area contributed by atoms with Crippen molar-refractivity contribution < 1.29 is 24.0 Å². The van der Waals surface area contributed by atoms with Crippen LogP contribution in [-0.4, -0.2) is 39.9 Å². The van der Waals surface area contributed by atoms with Crippen molar-refractivity contribution in [3.05, 3.63) is 75.3 Å². The molecule has 0 saturated carbocycles. The van der Waals surface area contributed by atoms with Crippen LogP contribution in [0.25, 0.3) is 5.76 Å². The van der Waals surface area contributed by atoms with Crippen molar-refractivity contribution in [3.63, 3.8) is 0 Å². The van der Waals surface area contributed by atoms with Crippen molar-refractivity contribution in [1.29, 1.82) is 0 Å². The molecule has 36 heavy (non-hydrogen) atoms. The number of nitrogens with one attached hydrogen (secondary N) is 2. The van der Waals surface area contributed by atoms with Gasteiger partial charge in [-0.3, -0.25) is 19.3 Å². The van der Waals surface area contributed by atoms with Crippen molar-refractivity contribution in [2.24, 2.45) is 0 Å². The predicted octanol–water partition coefficient (Wildman–Crippen LogP) is 4.21. The summed E-state index contributed by atoms with van der Waals surface area (Å²) in [5.74, 6) is -1.75. The molecule has 1 saturated heterocycles. The highest BCUT2D eigenvalue weighted by Crippen LogP contribution is 2.43. The topological polar surface area (TPSA) is 129 Å². The van der Waals surface area contributed by atoms with Gasteiger partial charge in [0.25, 0.3) is 11.7 Å². The molecule has 4 rings (SSSR count). The summed E-state index contributed by atoms with van der Waals surface area (Å²) in [7, 11) is 1.50. The van der Waals surface area contributed by atoms with Crippen LogP contribution < -0.4 is 10.2 Å². The normalized spacial score (nSPS) is 17.6. The predicted molar refractivity (Wildman–Crippen MR) is 135 cm³/mol. The number of aliphatic hydroxyl groups excluding tert-OH is 1. The van der Waals surface area contributed by atoms with E-state index in [0.29, 0.717) is 28.1 Å². The summed E-state index contributed by atoms with van der Waals surface area (Å²) in [4.78, 5) is 43.2. The van der Waals surface area contributed by atoms with Crippen molar-refractivity contribution in [3.8, 4) is 0 Å². The van der Waals surface area contributed by atoms with Gasteiger partial charge < -0.3 is 19.9 Å². The molecule has 3 N–H and O–H groups in total. The summed E-state index contributed by atoms with van der Waals surface area (Å²) in [6.45, 7) is 11.3. The number of carbonyl (C=O) groups is 3. The summed E-state index contributed by atoms with van der Waals surface area (Å²) < 4.78 is 5.19. The first-order valence-corrected chi connectivity index (χ1v) is 11.6. The van der Waals surface area contributed by atoms with Gasteiger partial charge in [0.2, 0.25) is 0 Å². The summed E-state index contributed by atoms with van der Waals surface area (Å²) in [6.07, 6.45) is 0. The number of H-pyrrole nitrogens is 1. The Kier molecular flexibility index (Phi) is 6.12. The SMILES string of the molecule is CNC(=O)c1[nH]c(C)c(/C(O)=C2\C(=O)C(=O)N(c3cc(C)on3)C2c2ccc(C(C)(C)C)cc2)c1C. The molecule has 188 valence electrons. The molecule has 1 fully saturated rings. The third-order valence-corrected chi connectivity index (χ3v) is 6.53. The molecule has 0 aliphatic carbocycles. The van der Waals surface area contributed by atoms with Crippen molar-refractivity contribution >= 4 is 29.2 Å². The largest absolute Gasteiger partial charge is 0.507 e. The van der Waals surface area contributed by atoms with Crippen LogP contribution in [0.3, 0.4) is 0 Å². The molecule has 0 bridgehead atoms. The van der Waals surface area contributed by atoms with E-state index in [4.69, 9.17) is 4.52 Å². The maximum atomic E-state index is 13.4. The van der Waals surface area contributed by atoms with Crippen molar-refractivity contribution in [2.75, 3.05) is 11.9 Å². The van der Waals surface area contributed by atoms with Gasteiger partial charge in [-0.2, -0.15) is 0 Å². The highest BCUT2D eigenvalue weighted by atomic mass is 16.5. The Bertz CT molecular complexity index is 1400. The molecule has 2 aromatic heterocycles. The van der Waals surface area contributed by atoms with E-state index in [1.165, 1.54) is 11.9 Å². The number of aromatic nitrogens is 2. The first-order chi connectivity index (χ1) is 16.9. The number of hydrogen-bond acceptors (Lipinski definition) is 6. The number of aliphatic hydroxyl groups is 1. The fourth-order valence-corrected chi connectivity index (χ4v) is 4.61. The second-order valence-corrected chi connectivity index (χ2v) is 10.0. The molecule has 2 amide bonds. The van der Waals surface area contributed by atoms with Gasteiger partial charge >= 0.3 is 5.91 Å². The molecule has 1 aliphatic heterocycles. The number of rotatable bonds is 4. The minimum Gasteiger partial charge on any atom is -0.507 e. The van der Waals surface area contributed by atoms with Gasteiger partial charge in [-0.15, -0.1) is 0 Å². The molecular weight excluding hydrogens is 460 g/mol. The standard InChI is InChI=1S/C27H30N4O5/c1-13-12-18(30-36-13)31-22(16-8-10-17(11-9-16)27(4,5)6)20(24(33)26(31)35)23(32)19-14(2)21(25(34)28-7)29-15(19)3/h8-12,22,29,32H,1-7H3,(H,28,34)/b23-20+. The lowest BCUT2D eigenvalue weighted by Crippen LogP contribution is -2.29. The number of anilines is 1. The number of nitrogens with zero attached hydrogens (tertiary/aromatic N) is 2. The quantitative estimate of drug-likeness (QED) is 0.285. The third-order valence-electron chi connectivity index (χ3n) is 6.53. The molecule has 3 aromatic rings. The van der Waals surface area contributed by atoms with Gasteiger partial charge in [0.1, 0.15) is 17.2 Å². The summed E-state index contributed by atoms with van der Waals surface area (Å²) in [6, 6.07) is 8.20. The maximum absolute atomic E-state index is 13.4. The Labute approximate surface area is 209 Å². The minimum atomic E-state index is -0.944. The molecule has 3 heterocycles. The fraction of sp³-hybridized carbons (Fsp3) is 0.333. The Morgan fingerprint density at radius 3 is 2.31 bits per heavy atom. The molecule has 0 spiro atoms. The lowest BCUT2D eigenvalue weighted by molar-refractivity contribution is -0.132. The zero-order chi connectivity index (χ0) is 26.5. The van der Waals surface area contributed by atoms with Gasteiger partial charge in [0.15, 0.2) is 5.82 Å². The Hall–Kier alpha value is -4.14. The van der Waals surface area contributed by atoms with Crippen LogP contribution in [-0.2, 0) is 15.0 Å². The fourth-order valence-electron chi connectivity index (χ4n) is 4.61. The van der Waals surface area contributed by atoms with Gasteiger partial charge in [0, 0.05) is 24.4 Å². The van der Waals surface area contributed by atoms with Crippen molar-refractivity contribution in [2.45, 2.75) is 53.0 Å². The highest BCUT2D eigenvalue weighted by Gasteiger charge is 2.48. The Morgan fingerprint density at radius 1 is 1.14 bits per heavy atom. The molecule has 1 atom stereocenters. The van der Waals surface area contributed by atoms with Crippen LogP contribution in [0.15, 0.2) is 40.4 Å².